The van der Waals surface area contributed by atoms with Gasteiger partial charge in [-0.1, -0.05) is 22.0 Å². The van der Waals surface area contributed by atoms with E-state index in [9.17, 15) is 4.79 Å². The average Bonchev–Trinajstić information content (AvgIpc) is 2.40. The van der Waals surface area contributed by atoms with Crippen LogP contribution in [0.25, 0.3) is 0 Å². The molecule has 0 aliphatic carbocycles. The number of amides is 1. The minimum atomic E-state index is 0.0799. The molecule has 1 unspecified atom stereocenters. The van der Waals surface area contributed by atoms with Gasteiger partial charge in [0.25, 0.3) is 5.91 Å². The molecule has 0 saturated carbocycles. The number of carbonyl (C=O) groups is 1. The highest BCUT2D eigenvalue weighted by atomic mass is 79.9. The standard InChI is InChI=1S/C13H17BrN2O/c14-8-7-11-5-2-4-10-16(11)13(17)12-6-1-3-9-15-12/h1,3,6,9,11H,2,4-5,7-8,10H2. The second-order valence-corrected chi connectivity index (χ2v) is 5.13. The normalized spacial score (nSPS) is 20.3. The van der Waals surface area contributed by atoms with Crippen molar-refractivity contribution in [2.75, 3.05) is 11.9 Å². The molecule has 0 radical (unpaired) electrons. The Morgan fingerprint density at radius 3 is 3.06 bits per heavy atom. The maximum Gasteiger partial charge on any atom is 0.272 e. The molecule has 0 N–H and O–H groups in total. The van der Waals surface area contributed by atoms with Crippen molar-refractivity contribution in [2.24, 2.45) is 0 Å². The van der Waals surface area contributed by atoms with Gasteiger partial charge >= 0.3 is 0 Å². The van der Waals surface area contributed by atoms with Crippen molar-refractivity contribution in [3.63, 3.8) is 0 Å². The summed E-state index contributed by atoms with van der Waals surface area (Å²) < 4.78 is 0. The van der Waals surface area contributed by atoms with Gasteiger partial charge in [0, 0.05) is 24.1 Å². The smallest absolute Gasteiger partial charge is 0.272 e. The number of nitrogens with zero attached hydrogens (tertiary/aromatic N) is 2. The predicted molar refractivity (Wildman–Crippen MR) is 71.3 cm³/mol. The molecule has 1 amide bonds. The predicted octanol–water partition coefficient (Wildman–Crippen LogP) is 2.86. The molecule has 3 nitrogen and oxygen atoms in total. The van der Waals surface area contributed by atoms with Crippen LogP contribution in [0.3, 0.4) is 0 Å². The van der Waals surface area contributed by atoms with Crippen molar-refractivity contribution in [2.45, 2.75) is 31.7 Å². The van der Waals surface area contributed by atoms with Gasteiger partial charge in [-0.3, -0.25) is 9.78 Å². The summed E-state index contributed by atoms with van der Waals surface area (Å²) in [6.07, 6.45) is 6.15. The van der Waals surface area contributed by atoms with E-state index in [-0.39, 0.29) is 5.91 Å². The topological polar surface area (TPSA) is 33.2 Å². The van der Waals surface area contributed by atoms with Crippen LogP contribution in [0.5, 0.6) is 0 Å². The highest BCUT2D eigenvalue weighted by molar-refractivity contribution is 9.09. The summed E-state index contributed by atoms with van der Waals surface area (Å²) in [7, 11) is 0. The van der Waals surface area contributed by atoms with E-state index in [1.165, 1.54) is 6.42 Å². The van der Waals surface area contributed by atoms with E-state index >= 15 is 0 Å². The van der Waals surface area contributed by atoms with Gasteiger partial charge in [-0.2, -0.15) is 0 Å². The summed E-state index contributed by atoms with van der Waals surface area (Å²) in [5, 5.41) is 0.948. The maximum atomic E-state index is 12.3. The fourth-order valence-electron chi connectivity index (χ4n) is 2.33. The number of piperidine rings is 1. The van der Waals surface area contributed by atoms with Crippen molar-refractivity contribution in [3.05, 3.63) is 30.1 Å². The van der Waals surface area contributed by atoms with Crippen LogP contribution in [-0.4, -0.2) is 33.7 Å². The van der Waals surface area contributed by atoms with Crippen LogP contribution in [0, 0.1) is 0 Å². The average molecular weight is 297 g/mol. The van der Waals surface area contributed by atoms with Crippen LogP contribution in [0.15, 0.2) is 24.4 Å². The second kappa shape index (κ2) is 6.15. The van der Waals surface area contributed by atoms with E-state index < -0.39 is 0 Å². The van der Waals surface area contributed by atoms with E-state index in [4.69, 9.17) is 0 Å². The number of likely N-dealkylation sites (tertiary alicyclic amines) is 1. The van der Waals surface area contributed by atoms with Crippen molar-refractivity contribution < 1.29 is 4.79 Å². The van der Waals surface area contributed by atoms with E-state index in [2.05, 4.69) is 20.9 Å². The second-order valence-electron chi connectivity index (χ2n) is 4.34. The lowest BCUT2D eigenvalue weighted by Gasteiger charge is -2.35. The third-order valence-electron chi connectivity index (χ3n) is 3.21. The Hall–Kier alpha value is -0.900. The first-order valence-electron chi connectivity index (χ1n) is 6.11. The lowest BCUT2D eigenvalue weighted by Crippen LogP contribution is -2.44. The molecule has 1 atom stereocenters. The summed E-state index contributed by atoms with van der Waals surface area (Å²) in [5.74, 6) is 0.0799. The van der Waals surface area contributed by atoms with Gasteiger partial charge in [-0.15, -0.1) is 0 Å². The van der Waals surface area contributed by atoms with Crippen molar-refractivity contribution in [1.29, 1.82) is 0 Å². The van der Waals surface area contributed by atoms with E-state index in [1.807, 2.05) is 17.0 Å². The molecule has 4 heteroatoms. The molecule has 1 saturated heterocycles. The number of hydrogen-bond acceptors (Lipinski definition) is 2. The number of pyridine rings is 1. The highest BCUT2D eigenvalue weighted by Gasteiger charge is 2.27. The van der Waals surface area contributed by atoms with Crippen LogP contribution >= 0.6 is 15.9 Å². The van der Waals surface area contributed by atoms with Gasteiger partial charge in [-0.25, -0.2) is 0 Å². The lowest BCUT2D eigenvalue weighted by molar-refractivity contribution is 0.0604. The molecular formula is C13H17BrN2O. The Morgan fingerprint density at radius 2 is 2.35 bits per heavy atom. The molecule has 2 heterocycles. The fourth-order valence-corrected chi connectivity index (χ4v) is 2.86. The number of alkyl halides is 1. The first-order valence-corrected chi connectivity index (χ1v) is 7.23. The van der Waals surface area contributed by atoms with Crippen LogP contribution < -0.4 is 0 Å². The SMILES string of the molecule is O=C(c1ccccn1)N1CCCCC1CCBr. The molecule has 0 aromatic carbocycles. The van der Waals surface area contributed by atoms with Crippen LogP contribution in [0.1, 0.15) is 36.2 Å². The minimum Gasteiger partial charge on any atom is -0.334 e. The summed E-state index contributed by atoms with van der Waals surface area (Å²) in [6.45, 7) is 0.868. The van der Waals surface area contributed by atoms with Crippen LogP contribution in [-0.2, 0) is 0 Å². The zero-order valence-corrected chi connectivity index (χ0v) is 11.4. The Bertz CT molecular complexity index is 367. The molecule has 0 bridgehead atoms. The molecule has 1 aliphatic heterocycles. The Balaban J connectivity index is 2.11. The van der Waals surface area contributed by atoms with E-state index in [0.717, 1.165) is 31.1 Å². The molecule has 1 aliphatic rings. The fraction of sp³-hybridized carbons (Fsp3) is 0.538. The number of rotatable bonds is 3. The van der Waals surface area contributed by atoms with Crippen molar-refractivity contribution >= 4 is 21.8 Å². The highest BCUT2D eigenvalue weighted by Crippen LogP contribution is 2.22. The van der Waals surface area contributed by atoms with Gasteiger partial charge in [-0.05, 0) is 37.8 Å². The first-order chi connectivity index (χ1) is 8.33. The maximum absolute atomic E-state index is 12.3. The van der Waals surface area contributed by atoms with Gasteiger partial charge in [0.15, 0.2) is 0 Å². The molecule has 17 heavy (non-hydrogen) atoms. The molecular weight excluding hydrogens is 280 g/mol. The molecule has 1 aromatic heterocycles. The largest absolute Gasteiger partial charge is 0.334 e. The van der Waals surface area contributed by atoms with Gasteiger partial charge in [0.2, 0.25) is 0 Å². The summed E-state index contributed by atoms with van der Waals surface area (Å²) in [5.41, 5.74) is 0.564. The number of carbonyl (C=O) groups excluding carboxylic acids is 1. The van der Waals surface area contributed by atoms with Crippen molar-refractivity contribution in [1.82, 2.24) is 9.88 Å². The quantitative estimate of drug-likeness (QED) is 0.804. The zero-order chi connectivity index (χ0) is 12.1. The van der Waals surface area contributed by atoms with Crippen LogP contribution in [0.2, 0.25) is 0 Å². The number of aromatic nitrogens is 1. The van der Waals surface area contributed by atoms with Crippen LogP contribution in [0.4, 0.5) is 0 Å². The summed E-state index contributed by atoms with van der Waals surface area (Å²) in [6, 6.07) is 5.87. The third kappa shape index (κ3) is 3.06. The van der Waals surface area contributed by atoms with Gasteiger partial charge < -0.3 is 4.90 Å². The Kier molecular flexibility index (Phi) is 4.54. The summed E-state index contributed by atoms with van der Waals surface area (Å²) in [4.78, 5) is 18.5. The molecule has 1 aromatic rings. The monoisotopic (exact) mass is 296 g/mol. The first kappa shape index (κ1) is 12.6. The molecule has 2 rings (SSSR count). The molecule has 92 valence electrons. The summed E-state index contributed by atoms with van der Waals surface area (Å²) >= 11 is 3.46. The third-order valence-corrected chi connectivity index (χ3v) is 3.67. The number of halogens is 1. The van der Waals surface area contributed by atoms with Gasteiger partial charge in [0.1, 0.15) is 5.69 Å². The lowest BCUT2D eigenvalue weighted by atomic mass is 9.99. The Morgan fingerprint density at radius 1 is 1.47 bits per heavy atom. The molecule has 0 spiro atoms. The van der Waals surface area contributed by atoms with E-state index in [1.54, 1.807) is 12.3 Å². The Labute approximate surface area is 110 Å². The number of hydrogen-bond donors (Lipinski definition) is 0. The van der Waals surface area contributed by atoms with Gasteiger partial charge in [0.05, 0.1) is 0 Å². The van der Waals surface area contributed by atoms with E-state index in [0.29, 0.717) is 11.7 Å². The molecule has 1 fully saturated rings. The minimum absolute atomic E-state index is 0.0799. The van der Waals surface area contributed by atoms with Crippen molar-refractivity contribution in [3.8, 4) is 0 Å². The zero-order valence-electron chi connectivity index (χ0n) is 9.81.